The second-order valence-corrected chi connectivity index (χ2v) is 8.97. The molecule has 0 aliphatic carbocycles. The van der Waals surface area contributed by atoms with Crippen molar-refractivity contribution in [1.82, 2.24) is 0 Å². The zero-order valence-electron chi connectivity index (χ0n) is 18.4. The normalized spacial score (nSPS) is 14.5. The lowest BCUT2D eigenvalue weighted by atomic mass is 10.2. The van der Waals surface area contributed by atoms with Crippen LogP contribution in [0.25, 0.3) is 6.08 Å². The summed E-state index contributed by atoms with van der Waals surface area (Å²) in [7, 11) is 1.63. The van der Waals surface area contributed by atoms with E-state index in [9.17, 15) is 9.18 Å². The van der Waals surface area contributed by atoms with Crippen molar-refractivity contribution in [2.75, 3.05) is 25.2 Å². The summed E-state index contributed by atoms with van der Waals surface area (Å²) >= 11 is 6.59. The molecular weight excluding hydrogens is 473 g/mol. The van der Waals surface area contributed by atoms with E-state index in [2.05, 4.69) is 0 Å². The molecule has 0 saturated carbocycles. The highest BCUT2D eigenvalue weighted by Crippen LogP contribution is 2.36. The molecule has 1 amide bonds. The van der Waals surface area contributed by atoms with E-state index in [4.69, 9.17) is 26.4 Å². The first-order valence-corrected chi connectivity index (χ1v) is 11.8. The number of anilines is 1. The Kier molecular flexibility index (Phi) is 7.82. The number of rotatable bonds is 9. The summed E-state index contributed by atoms with van der Waals surface area (Å²) in [5.74, 6) is 1.67. The maximum atomic E-state index is 13.2. The van der Waals surface area contributed by atoms with Crippen LogP contribution in [0.5, 0.6) is 17.2 Å². The predicted molar refractivity (Wildman–Crippen MR) is 137 cm³/mol. The van der Waals surface area contributed by atoms with Gasteiger partial charge in [0.25, 0.3) is 5.91 Å². The zero-order chi connectivity index (χ0) is 23.9. The molecule has 1 saturated heterocycles. The van der Waals surface area contributed by atoms with Crippen molar-refractivity contribution in [2.45, 2.75) is 6.42 Å². The molecule has 34 heavy (non-hydrogen) atoms. The summed E-state index contributed by atoms with van der Waals surface area (Å²) in [6.07, 6.45) is 2.50. The van der Waals surface area contributed by atoms with Gasteiger partial charge in [0.2, 0.25) is 0 Å². The number of hydrogen-bond donors (Lipinski definition) is 0. The number of hydrogen-bond acceptors (Lipinski definition) is 6. The van der Waals surface area contributed by atoms with Crippen LogP contribution in [0, 0.1) is 5.82 Å². The lowest BCUT2D eigenvalue weighted by molar-refractivity contribution is -0.113. The lowest BCUT2D eigenvalue weighted by Gasteiger charge is -2.14. The van der Waals surface area contributed by atoms with Gasteiger partial charge in [-0.2, -0.15) is 0 Å². The van der Waals surface area contributed by atoms with Gasteiger partial charge < -0.3 is 14.2 Å². The Hall–Kier alpha value is -3.36. The fourth-order valence-corrected chi connectivity index (χ4v) is 4.54. The number of carbonyl (C=O) groups excluding carboxylic acids is 1. The van der Waals surface area contributed by atoms with Crippen molar-refractivity contribution < 1.29 is 23.4 Å². The number of carbonyl (C=O) groups is 1. The van der Waals surface area contributed by atoms with Crippen molar-refractivity contribution in [2.24, 2.45) is 0 Å². The van der Waals surface area contributed by atoms with E-state index in [-0.39, 0.29) is 11.7 Å². The van der Waals surface area contributed by atoms with Gasteiger partial charge in [0.05, 0.1) is 30.9 Å². The number of thioether (sulfide) groups is 1. The Balaban J connectivity index is 1.31. The van der Waals surface area contributed by atoms with Crippen LogP contribution in [-0.4, -0.2) is 30.6 Å². The maximum absolute atomic E-state index is 13.2. The third-order valence-electron chi connectivity index (χ3n) is 4.92. The molecule has 0 N–H and O–H groups in total. The van der Waals surface area contributed by atoms with Crippen LogP contribution in [0.2, 0.25) is 0 Å². The molecule has 1 fully saturated rings. The molecule has 1 aliphatic rings. The number of halogens is 1. The molecule has 0 spiro atoms. The highest BCUT2D eigenvalue weighted by Gasteiger charge is 2.33. The Labute approximate surface area is 207 Å². The molecule has 0 aromatic heterocycles. The average molecular weight is 496 g/mol. The van der Waals surface area contributed by atoms with Gasteiger partial charge in [-0.15, -0.1) is 0 Å². The topological polar surface area (TPSA) is 48.0 Å². The third kappa shape index (κ3) is 5.95. The Morgan fingerprint density at radius 2 is 1.62 bits per heavy atom. The largest absolute Gasteiger partial charge is 0.497 e. The molecule has 8 heteroatoms. The summed E-state index contributed by atoms with van der Waals surface area (Å²) < 4.78 is 30.3. The van der Waals surface area contributed by atoms with Gasteiger partial charge in [-0.05, 0) is 72.3 Å². The molecule has 174 valence electrons. The second-order valence-electron chi connectivity index (χ2n) is 7.29. The number of benzene rings is 3. The third-order valence-corrected chi connectivity index (χ3v) is 6.22. The van der Waals surface area contributed by atoms with Gasteiger partial charge in [0.1, 0.15) is 23.1 Å². The van der Waals surface area contributed by atoms with Crippen LogP contribution in [0.1, 0.15) is 12.0 Å². The van der Waals surface area contributed by atoms with Crippen LogP contribution < -0.4 is 19.1 Å². The summed E-state index contributed by atoms with van der Waals surface area (Å²) in [6.45, 7) is 1.02. The van der Waals surface area contributed by atoms with Crippen molar-refractivity contribution in [1.29, 1.82) is 0 Å². The monoisotopic (exact) mass is 495 g/mol. The Morgan fingerprint density at radius 3 is 2.32 bits per heavy atom. The van der Waals surface area contributed by atoms with Crippen molar-refractivity contribution in [3.63, 3.8) is 0 Å². The summed E-state index contributed by atoms with van der Waals surface area (Å²) in [6, 6.07) is 20.6. The molecule has 3 aromatic rings. The minimum absolute atomic E-state index is 0.233. The molecule has 5 nitrogen and oxygen atoms in total. The lowest BCUT2D eigenvalue weighted by Crippen LogP contribution is -2.27. The second kappa shape index (κ2) is 11.2. The average Bonchev–Trinajstić information content (AvgIpc) is 3.12. The van der Waals surface area contributed by atoms with Crippen LogP contribution in [-0.2, 0) is 4.79 Å². The van der Waals surface area contributed by atoms with E-state index < -0.39 is 0 Å². The fraction of sp³-hybridized carbons (Fsp3) is 0.154. The number of nitrogens with zero attached hydrogens (tertiary/aromatic N) is 1. The smallest absolute Gasteiger partial charge is 0.270 e. The molecule has 0 bridgehead atoms. The van der Waals surface area contributed by atoms with Gasteiger partial charge >= 0.3 is 0 Å². The van der Waals surface area contributed by atoms with E-state index in [1.54, 1.807) is 13.2 Å². The minimum atomic E-state index is -0.367. The first-order valence-electron chi connectivity index (χ1n) is 10.6. The van der Waals surface area contributed by atoms with E-state index in [1.165, 1.54) is 40.9 Å². The van der Waals surface area contributed by atoms with Crippen molar-refractivity contribution >= 4 is 46.0 Å². The quantitative estimate of drug-likeness (QED) is 0.203. The summed E-state index contributed by atoms with van der Waals surface area (Å²) in [4.78, 5) is 14.8. The maximum Gasteiger partial charge on any atom is 0.270 e. The highest BCUT2D eigenvalue weighted by molar-refractivity contribution is 8.27. The van der Waals surface area contributed by atoms with E-state index >= 15 is 0 Å². The Morgan fingerprint density at radius 1 is 0.941 bits per heavy atom. The predicted octanol–water partition coefficient (Wildman–Crippen LogP) is 6.09. The number of thiocarbonyl (C=S) groups is 1. The molecule has 1 heterocycles. The van der Waals surface area contributed by atoms with Crippen LogP contribution in [0.4, 0.5) is 10.1 Å². The number of ether oxygens (including phenoxy) is 3. The van der Waals surface area contributed by atoms with E-state index in [0.717, 1.165) is 17.1 Å². The molecule has 0 radical (unpaired) electrons. The Bertz CT molecular complexity index is 1200. The first kappa shape index (κ1) is 23.8. The first-order chi connectivity index (χ1) is 16.5. The van der Waals surface area contributed by atoms with Crippen molar-refractivity contribution in [3.8, 4) is 17.2 Å². The molecule has 1 aliphatic heterocycles. The van der Waals surface area contributed by atoms with E-state index in [0.29, 0.717) is 40.3 Å². The number of amides is 1. The van der Waals surface area contributed by atoms with Crippen molar-refractivity contribution in [3.05, 3.63) is 89.1 Å². The SMILES string of the molecule is COc1ccc(OCCCOc2cccc(C=C3SC(=S)N(c4ccc(F)cc4)C3=O)c2)cc1. The number of methoxy groups -OCH3 is 1. The summed E-state index contributed by atoms with van der Waals surface area (Å²) in [5.41, 5.74) is 1.37. The highest BCUT2D eigenvalue weighted by atomic mass is 32.2. The van der Waals surface area contributed by atoms with Gasteiger partial charge in [-0.3, -0.25) is 9.69 Å². The van der Waals surface area contributed by atoms with Gasteiger partial charge in [0.15, 0.2) is 4.32 Å². The fourth-order valence-electron chi connectivity index (χ4n) is 3.24. The van der Waals surface area contributed by atoms with Crippen LogP contribution in [0.15, 0.2) is 77.7 Å². The molecule has 0 atom stereocenters. The standard InChI is InChI=1S/C26H22FNO4S2/c1-30-21-10-12-22(13-11-21)31-14-3-15-32-23-5-2-4-18(16-23)17-24-25(29)28(26(33)34-24)20-8-6-19(27)7-9-20/h2,4-13,16-17H,3,14-15H2,1H3. The molecule has 0 unspecified atom stereocenters. The van der Waals surface area contributed by atoms with Gasteiger partial charge in [-0.1, -0.05) is 36.1 Å². The van der Waals surface area contributed by atoms with Gasteiger partial charge in [0, 0.05) is 6.42 Å². The minimum Gasteiger partial charge on any atom is -0.497 e. The summed E-state index contributed by atoms with van der Waals surface area (Å²) in [5, 5.41) is 0. The molecular formula is C26H22FNO4S2. The zero-order valence-corrected chi connectivity index (χ0v) is 20.0. The van der Waals surface area contributed by atoms with Crippen LogP contribution in [0.3, 0.4) is 0 Å². The molecule has 4 rings (SSSR count). The van der Waals surface area contributed by atoms with Crippen LogP contribution >= 0.6 is 24.0 Å². The molecule has 3 aromatic carbocycles. The van der Waals surface area contributed by atoms with Gasteiger partial charge in [-0.25, -0.2) is 4.39 Å². The van der Waals surface area contributed by atoms with E-state index in [1.807, 2.05) is 48.5 Å².